The third kappa shape index (κ3) is 5.35. The van der Waals surface area contributed by atoms with Gasteiger partial charge in [-0.2, -0.15) is 0 Å². The highest BCUT2D eigenvalue weighted by Crippen LogP contribution is 2.46. The van der Waals surface area contributed by atoms with E-state index >= 15 is 0 Å². The summed E-state index contributed by atoms with van der Waals surface area (Å²) in [6, 6.07) is 11.5. The number of ether oxygens (including phenoxy) is 3. The molecule has 2 aliphatic rings. The second kappa shape index (κ2) is 10.5. The molecule has 1 N–H and O–H groups in total. The molecule has 4 rings (SSSR count). The van der Waals surface area contributed by atoms with Crippen LogP contribution >= 0.6 is 0 Å². The van der Waals surface area contributed by atoms with Crippen LogP contribution in [-0.4, -0.2) is 38.2 Å². The number of allylic oxidation sites excluding steroid dienone is 3. The number of esters is 1. The molecule has 1 aromatic heterocycles. The lowest BCUT2D eigenvalue weighted by molar-refractivity contribution is -0.141. The Morgan fingerprint density at radius 3 is 2.63 bits per heavy atom. The van der Waals surface area contributed by atoms with Crippen molar-refractivity contribution >= 4 is 11.8 Å². The molecule has 7 heteroatoms. The number of aryl methyl sites for hydroxylation is 1. The van der Waals surface area contributed by atoms with Gasteiger partial charge < -0.3 is 23.9 Å². The molecule has 0 spiro atoms. The van der Waals surface area contributed by atoms with Crippen molar-refractivity contribution in [1.29, 1.82) is 0 Å². The lowest BCUT2D eigenvalue weighted by Gasteiger charge is -2.35. The molecule has 1 aliphatic carbocycles. The van der Waals surface area contributed by atoms with Gasteiger partial charge in [0.25, 0.3) is 0 Å². The third-order valence-electron chi connectivity index (χ3n) is 6.43. The van der Waals surface area contributed by atoms with Crippen molar-refractivity contribution in [2.45, 2.75) is 58.5 Å². The number of ketones is 1. The average Bonchev–Trinajstić information content (AvgIpc) is 3.26. The zero-order valence-electron chi connectivity index (χ0n) is 21.0. The topological polar surface area (TPSA) is 87.0 Å². The number of carbonyl (C=O) groups excluding carboxylic acids is 2. The highest BCUT2D eigenvalue weighted by molar-refractivity contribution is 6.04. The second-order valence-corrected chi connectivity index (χ2v) is 9.30. The van der Waals surface area contributed by atoms with Crippen LogP contribution in [0.3, 0.4) is 0 Å². The number of rotatable bonds is 8. The molecule has 35 heavy (non-hydrogen) atoms. The van der Waals surface area contributed by atoms with E-state index in [1.165, 1.54) is 0 Å². The first kappa shape index (κ1) is 24.8. The SMILES string of the molecule is COc1cccc([C@H]2CC(=O)C3=C(C2)NC(C)=C(C(=O)OCCOC(C)C)[C@@H]3c2ccc(C)o2)c1. The Hall–Kier alpha value is -3.32. The number of benzene rings is 1. The molecule has 0 unspecified atom stereocenters. The van der Waals surface area contributed by atoms with Crippen LogP contribution in [0, 0.1) is 6.92 Å². The van der Waals surface area contributed by atoms with Gasteiger partial charge >= 0.3 is 5.97 Å². The predicted octanol–water partition coefficient (Wildman–Crippen LogP) is 4.93. The number of carbonyl (C=O) groups is 2. The summed E-state index contributed by atoms with van der Waals surface area (Å²) >= 11 is 0. The fraction of sp³-hybridized carbons (Fsp3) is 0.429. The van der Waals surface area contributed by atoms with Gasteiger partial charge in [0, 0.05) is 23.4 Å². The molecule has 0 bridgehead atoms. The third-order valence-corrected chi connectivity index (χ3v) is 6.43. The van der Waals surface area contributed by atoms with Gasteiger partial charge in [-0.05, 0) is 69.9 Å². The number of furan rings is 1. The van der Waals surface area contributed by atoms with Gasteiger partial charge in [0.05, 0.1) is 31.3 Å². The highest BCUT2D eigenvalue weighted by atomic mass is 16.6. The fourth-order valence-corrected chi connectivity index (χ4v) is 4.83. The molecule has 186 valence electrons. The van der Waals surface area contributed by atoms with E-state index in [1.807, 2.05) is 64.1 Å². The highest BCUT2D eigenvalue weighted by Gasteiger charge is 2.42. The summed E-state index contributed by atoms with van der Waals surface area (Å²) < 4.78 is 22.4. The van der Waals surface area contributed by atoms with Crippen molar-refractivity contribution in [3.8, 4) is 5.75 Å². The maximum absolute atomic E-state index is 13.6. The van der Waals surface area contributed by atoms with Crippen LogP contribution in [0.5, 0.6) is 5.75 Å². The smallest absolute Gasteiger partial charge is 0.336 e. The molecule has 0 saturated carbocycles. The van der Waals surface area contributed by atoms with E-state index in [0.717, 1.165) is 17.0 Å². The summed E-state index contributed by atoms with van der Waals surface area (Å²) in [6.07, 6.45) is 1.04. The van der Waals surface area contributed by atoms with Gasteiger partial charge in [-0.1, -0.05) is 12.1 Å². The first-order valence-corrected chi connectivity index (χ1v) is 12.0. The lowest BCUT2D eigenvalue weighted by atomic mass is 9.73. The standard InChI is InChI=1S/C28H33NO6/c1-16(2)33-11-12-34-28(31)25-18(4)29-22-14-20(19-7-6-8-21(13-19)32-5)15-23(30)26(22)27(25)24-10-9-17(3)35-24/h6-10,13,16,20,27,29H,11-12,14-15H2,1-5H3/t20-,27+/m1/s1. The molecule has 2 atom stereocenters. The zero-order valence-corrected chi connectivity index (χ0v) is 21.0. The van der Waals surface area contributed by atoms with Crippen molar-refractivity contribution < 1.29 is 28.2 Å². The molecule has 0 fully saturated rings. The Morgan fingerprint density at radius 1 is 1.14 bits per heavy atom. The Bertz CT molecular complexity index is 1170. The first-order valence-electron chi connectivity index (χ1n) is 12.0. The van der Waals surface area contributed by atoms with Gasteiger partial charge in [0.2, 0.25) is 0 Å². The predicted molar refractivity (Wildman–Crippen MR) is 131 cm³/mol. The molecule has 0 radical (unpaired) electrons. The molecular weight excluding hydrogens is 446 g/mol. The number of methoxy groups -OCH3 is 1. The molecule has 1 aromatic carbocycles. The van der Waals surface area contributed by atoms with Gasteiger partial charge in [-0.3, -0.25) is 4.79 Å². The molecule has 7 nitrogen and oxygen atoms in total. The quantitative estimate of drug-likeness (QED) is 0.424. The second-order valence-electron chi connectivity index (χ2n) is 9.30. The fourth-order valence-electron chi connectivity index (χ4n) is 4.83. The summed E-state index contributed by atoms with van der Waals surface area (Å²) in [5.41, 5.74) is 3.51. The first-order chi connectivity index (χ1) is 16.8. The summed E-state index contributed by atoms with van der Waals surface area (Å²) in [5, 5.41) is 3.36. The summed E-state index contributed by atoms with van der Waals surface area (Å²) in [7, 11) is 1.63. The van der Waals surface area contributed by atoms with Crippen molar-refractivity contribution in [2.75, 3.05) is 20.3 Å². The molecule has 2 heterocycles. The number of Topliss-reactive ketones (excluding diaryl/α,β-unsaturated/α-hetero) is 1. The monoisotopic (exact) mass is 479 g/mol. The summed E-state index contributed by atoms with van der Waals surface area (Å²) in [6.45, 7) is 7.98. The maximum Gasteiger partial charge on any atom is 0.336 e. The minimum Gasteiger partial charge on any atom is -0.497 e. The molecule has 2 aromatic rings. The Morgan fingerprint density at radius 2 is 1.94 bits per heavy atom. The van der Waals surface area contributed by atoms with Crippen LogP contribution in [0.25, 0.3) is 0 Å². The molecule has 0 amide bonds. The number of nitrogens with one attached hydrogen (secondary N) is 1. The number of dihydropyridines is 1. The van der Waals surface area contributed by atoms with E-state index < -0.39 is 11.9 Å². The summed E-state index contributed by atoms with van der Waals surface area (Å²) in [5.74, 6) is 0.956. The van der Waals surface area contributed by atoms with Crippen LogP contribution in [0.15, 0.2) is 63.4 Å². The zero-order chi connectivity index (χ0) is 25.1. The maximum atomic E-state index is 13.6. The van der Waals surface area contributed by atoms with Crippen molar-refractivity contribution in [3.63, 3.8) is 0 Å². The largest absolute Gasteiger partial charge is 0.497 e. The molecular formula is C28H33NO6. The van der Waals surface area contributed by atoms with Gasteiger partial charge in [-0.15, -0.1) is 0 Å². The average molecular weight is 480 g/mol. The van der Waals surface area contributed by atoms with Crippen LogP contribution in [-0.2, 0) is 19.1 Å². The van der Waals surface area contributed by atoms with Crippen molar-refractivity contribution in [1.82, 2.24) is 5.32 Å². The van der Waals surface area contributed by atoms with Crippen LogP contribution in [0.1, 0.15) is 62.5 Å². The van der Waals surface area contributed by atoms with E-state index in [4.69, 9.17) is 18.6 Å². The Kier molecular flexibility index (Phi) is 7.45. The van der Waals surface area contributed by atoms with E-state index in [1.54, 1.807) is 7.11 Å². The molecule has 1 aliphatic heterocycles. The van der Waals surface area contributed by atoms with E-state index in [9.17, 15) is 9.59 Å². The van der Waals surface area contributed by atoms with Gasteiger partial charge in [-0.25, -0.2) is 4.79 Å². The van der Waals surface area contributed by atoms with Crippen molar-refractivity contribution in [2.24, 2.45) is 0 Å². The van der Waals surface area contributed by atoms with E-state index in [2.05, 4.69) is 5.32 Å². The Balaban J connectivity index is 1.66. The summed E-state index contributed by atoms with van der Waals surface area (Å²) in [4.78, 5) is 26.8. The van der Waals surface area contributed by atoms with Crippen LogP contribution in [0.4, 0.5) is 0 Å². The van der Waals surface area contributed by atoms with Gasteiger partial charge in [0.15, 0.2) is 5.78 Å². The van der Waals surface area contributed by atoms with E-state index in [0.29, 0.717) is 47.8 Å². The van der Waals surface area contributed by atoms with E-state index in [-0.39, 0.29) is 24.4 Å². The minimum atomic E-state index is -0.614. The number of hydrogen-bond acceptors (Lipinski definition) is 7. The van der Waals surface area contributed by atoms with Gasteiger partial charge in [0.1, 0.15) is 23.9 Å². The Labute approximate surface area is 206 Å². The normalized spacial score (nSPS) is 20.1. The lowest BCUT2D eigenvalue weighted by Crippen LogP contribution is -2.36. The minimum absolute atomic E-state index is 0.00781. The molecule has 0 saturated heterocycles. The van der Waals surface area contributed by atoms with Crippen molar-refractivity contribution in [3.05, 3.63) is 76.0 Å². The van der Waals surface area contributed by atoms with Crippen LogP contribution in [0.2, 0.25) is 0 Å². The number of hydrogen-bond donors (Lipinski definition) is 1. The van der Waals surface area contributed by atoms with Crippen LogP contribution < -0.4 is 10.1 Å².